The Morgan fingerprint density at radius 2 is 2.10 bits per heavy atom. The first-order valence-electron chi connectivity index (χ1n) is 6.88. The smallest absolute Gasteiger partial charge is 0.323 e. The molecule has 20 heavy (non-hydrogen) atoms. The molecule has 0 amide bonds. The summed E-state index contributed by atoms with van der Waals surface area (Å²) in [6.45, 7) is 8.12. The molecule has 0 bridgehead atoms. The first-order chi connectivity index (χ1) is 9.13. The summed E-state index contributed by atoms with van der Waals surface area (Å²) in [6, 6.07) is 6.10. The predicted molar refractivity (Wildman–Crippen MR) is 78.0 cm³/mol. The highest BCUT2D eigenvalue weighted by Gasteiger charge is 2.35. The third kappa shape index (κ3) is 2.66. The van der Waals surface area contributed by atoms with Gasteiger partial charge in [-0.25, -0.2) is 0 Å². The van der Waals surface area contributed by atoms with Gasteiger partial charge in [-0.2, -0.15) is 0 Å². The number of benzene rings is 1. The number of rotatable bonds is 4. The number of carboxylic acids is 1. The van der Waals surface area contributed by atoms with Gasteiger partial charge in [-0.15, -0.1) is 0 Å². The molecule has 0 fully saturated rings. The van der Waals surface area contributed by atoms with Crippen molar-refractivity contribution < 1.29 is 14.6 Å². The van der Waals surface area contributed by atoms with E-state index >= 15 is 0 Å². The summed E-state index contributed by atoms with van der Waals surface area (Å²) in [5, 5.41) is 9.29. The molecule has 1 aliphatic rings. The van der Waals surface area contributed by atoms with Gasteiger partial charge in [0.25, 0.3) is 0 Å². The monoisotopic (exact) mass is 277 g/mol. The number of aliphatic carboxylic acids is 1. The second-order valence-corrected chi connectivity index (χ2v) is 6.66. The highest BCUT2D eigenvalue weighted by Crippen LogP contribution is 2.38. The van der Waals surface area contributed by atoms with Crippen LogP contribution in [0.4, 0.5) is 0 Å². The lowest BCUT2D eigenvalue weighted by Crippen LogP contribution is -2.47. The SMILES string of the molecule is CN(Cc1cccc2c1OC(C)(C)C2)C(C)(C)C(=O)O. The Labute approximate surface area is 120 Å². The Kier molecular flexibility index (Phi) is 3.54. The molecule has 1 aromatic carbocycles. The fraction of sp³-hybridized carbons (Fsp3) is 0.562. The Morgan fingerprint density at radius 3 is 2.70 bits per heavy atom. The molecule has 2 rings (SSSR count). The molecule has 1 N–H and O–H groups in total. The van der Waals surface area contributed by atoms with Gasteiger partial charge in [0, 0.05) is 18.5 Å². The zero-order valence-corrected chi connectivity index (χ0v) is 12.9. The molecular weight excluding hydrogens is 254 g/mol. The van der Waals surface area contributed by atoms with Gasteiger partial charge in [0.05, 0.1) is 0 Å². The first kappa shape index (κ1) is 14.9. The third-order valence-corrected chi connectivity index (χ3v) is 4.06. The molecule has 110 valence electrons. The highest BCUT2D eigenvalue weighted by atomic mass is 16.5. The molecule has 0 aliphatic carbocycles. The van der Waals surface area contributed by atoms with Gasteiger partial charge >= 0.3 is 5.97 Å². The van der Waals surface area contributed by atoms with E-state index in [0.29, 0.717) is 6.54 Å². The number of fused-ring (bicyclic) bond motifs is 1. The Bertz CT molecular complexity index is 535. The first-order valence-corrected chi connectivity index (χ1v) is 6.88. The van der Waals surface area contributed by atoms with Gasteiger partial charge in [-0.3, -0.25) is 9.69 Å². The van der Waals surface area contributed by atoms with E-state index in [1.807, 2.05) is 24.1 Å². The van der Waals surface area contributed by atoms with Crippen LogP contribution in [0.15, 0.2) is 18.2 Å². The van der Waals surface area contributed by atoms with Gasteiger partial charge in [-0.1, -0.05) is 18.2 Å². The van der Waals surface area contributed by atoms with Crippen molar-refractivity contribution in [1.29, 1.82) is 0 Å². The number of hydrogen-bond donors (Lipinski definition) is 1. The lowest BCUT2D eigenvalue weighted by atomic mass is 9.99. The summed E-state index contributed by atoms with van der Waals surface area (Å²) in [6.07, 6.45) is 0.891. The number of para-hydroxylation sites is 1. The largest absolute Gasteiger partial charge is 0.487 e. The van der Waals surface area contributed by atoms with Gasteiger partial charge in [0.2, 0.25) is 0 Å². The minimum atomic E-state index is -0.906. The molecule has 4 nitrogen and oxygen atoms in total. The van der Waals surface area contributed by atoms with E-state index in [1.165, 1.54) is 5.56 Å². The standard InChI is InChI=1S/C16H23NO3/c1-15(2)9-11-7-6-8-12(13(11)20-15)10-17(5)16(3,4)14(18)19/h6-8H,9-10H2,1-5H3,(H,18,19). The summed E-state index contributed by atoms with van der Waals surface area (Å²) in [5.74, 6) is 0.0966. The summed E-state index contributed by atoms with van der Waals surface area (Å²) in [4.78, 5) is 13.1. The molecule has 1 aliphatic heterocycles. The Balaban J connectivity index is 2.25. The van der Waals surface area contributed by atoms with Gasteiger partial charge in [0.1, 0.15) is 16.9 Å². The molecule has 0 atom stereocenters. The van der Waals surface area contributed by atoms with Crippen LogP contribution in [-0.4, -0.2) is 34.2 Å². The topological polar surface area (TPSA) is 49.8 Å². The zero-order chi connectivity index (χ0) is 15.1. The van der Waals surface area contributed by atoms with E-state index in [4.69, 9.17) is 4.74 Å². The van der Waals surface area contributed by atoms with E-state index in [1.54, 1.807) is 13.8 Å². The van der Waals surface area contributed by atoms with Crippen LogP contribution in [0, 0.1) is 0 Å². The van der Waals surface area contributed by atoms with Gasteiger partial charge < -0.3 is 9.84 Å². The number of likely N-dealkylation sites (N-methyl/N-ethyl adjacent to an activating group) is 1. The molecule has 0 spiro atoms. The van der Waals surface area contributed by atoms with Gasteiger partial charge in [-0.05, 0) is 40.3 Å². The number of hydrogen-bond acceptors (Lipinski definition) is 3. The fourth-order valence-corrected chi connectivity index (χ4v) is 2.42. The van der Waals surface area contributed by atoms with Crippen molar-refractivity contribution in [3.05, 3.63) is 29.3 Å². The normalized spacial score (nSPS) is 16.9. The van der Waals surface area contributed by atoms with E-state index in [-0.39, 0.29) is 5.60 Å². The van der Waals surface area contributed by atoms with Crippen LogP contribution in [-0.2, 0) is 17.8 Å². The van der Waals surface area contributed by atoms with Crippen LogP contribution in [0.2, 0.25) is 0 Å². The quantitative estimate of drug-likeness (QED) is 0.919. The number of nitrogens with zero attached hydrogens (tertiary/aromatic N) is 1. The molecule has 1 aromatic rings. The minimum absolute atomic E-state index is 0.181. The van der Waals surface area contributed by atoms with Crippen LogP contribution >= 0.6 is 0 Å². The van der Waals surface area contributed by atoms with Crippen molar-refractivity contribution in [1.82, 2.24) is 4.90 Å². The average molecular weight is 277 g/mol. The van der Waals surface area contributed by atoms with E-state index in [2.05, 4.69) is 19.9 Å². The molecule has 1 heterocycles. The molecule has 0 saturated heterocycles. The fourth-order valence-electron chi connectivity index (χ4n) is 2.42. The van der Waals surface area contributed by atoms with E-state index in [0.717, 1.165) is 17.7 Å². The summed E-state index contributed by atoms with van der Waals surface area (Å²) in [7, 11) is 1.83. The summed E-state index contributed by atoms with van der Waals surface area (Å²) < 4.78 is 6.03. The average Bonchev–Trinajstić information content (AvgIpc) is 2.63. The van der Waals surface area contributed by atoms with Gasteiger partial charge in [0.15, 0.2) is 0 Å². The van der Waals surface area contributed by atoms with E-state index in [9.17, 15) is 9.90 Å². The molecular formula is C16H23NO3. The van der Waals surface area contributed by atoms with Crippen LogP contribution in [0.5, 0.6) is 5.75 Å². The van der Waals surface area contributed by atoms with Crippen molar-refractivity contribution in [2.75, 3.05) is 7.05 Å². The van der Waals surface area contributed by atoms with Crippen LogP contribution < -0.4 is 4.74 Å². The maximum absolute atomic E-state index is 11.3. The highest BCUT2D eigenvalue weighted by molar-refractivity contribution is 5.77. The molecule has 0 unspecified atom stereocenters. The second-order valence-electron chi connectivity index (χ2n) is 6.66. The predicted octanol–water partition coefficient (Wildman–Crippen LogP) is 2.70. The maximum Gasteiger partial charge on any atom is 0.323 e. The number of carbonyl (C=O) groups is 1. The molecule has 0 radical (unpaired) electrons. The maximum atomic E-state index is 11.3. The van der Waals surface area contributed by atoms with Crippen LogP contribution in [0.1, 0.15) is 38.8 Å². The summed E-state index contributed by atoms with van der Waals surface area (Å²) in [5.41, 5.74) is 1.16. The van der Waals surface area contributed by atoms with Crippen molar-refractivity contribution in [2.45, 2.75) is 51.8 Å². The number of carboxylic acid groups (broad SMARTS) is 1. The van der Waals surface area contributed by atoms with Crippen LogP contribution in [0.3, 0.4) is 0 Å². The lowest BCUT2D eigenvalue weighted by molar-refractivity contribution is -0.148. The van der Waals surface area contributed by atoms with E-state index < -0.39 is 11.5 Å². The second kappa shape index (κ2) is 4.77. The number of ether oxygens (including phenoxy) is 1. The molecule has 4 heteroatoms. The Morgan fingerprint density at radius 1 is 1.45 bits per heavy atom. The van der Waals surface area contributed by atoms with Crippen molar-refractivity contribution >= 4 is 5.97 Å². The van der Waals surface area contributed by atoms with Crippen molar-refractivity contribution in [3.63, 3.8) is 0 Å². The van der Waals surface area contributed by atoms with Crippen LogP contribution in [0.25, 0.3) is 0 Å². The third-order valence-electron chi connectivity index (χ3n) is 4.06. The Hall–Kier alpha value is -1.55. The lowest BCUT2D eigenvalue weighted by Gasteiger charge is -2.32. The summed E-state index contributed by atoms with van der Waals surface area (Å²) >= 11 is 0. The zero-order valence-electron chi connectivity index (χ0n) is 12.9. The molecule has 0 saturated carbocycles. The van der Waals surface area contributed by atoms with Crippen molar-refractivity contribution in [3.8, 4) is 5.75 Å². The minimum Gasteiger partial charge on any atom is -0.487 e. The molecule has 0 aromatic heterocycles. The van der Waals surface area contributed by atoms with Crippen molar-refractivity contribution in [2.24, 2.45) is 0 Å².